The van der Waals surface area contributed by atoms with Gasteiger partial charge in [0.15, 0.2) is 17.5 Å². The van der Waals surface area contributed by atoms with Crippen LogP contribution in [0.5, 0.6) is 0 Å². The molecule has 1 aliphatic carbocycles. The number of hydrogen-bond acceptors (Lipinski definition) is 1. The van der Waals surface area contributed by atoms with Gasteiger partial charge in [0.25, 0.3) is 0 Å². The highest BCUT2D eigenvalue weighted by Gasteiger charge is 2.36. The summed E-state index contributed by atoms with van der Waals surface area (Å²) >= 11 is 0. The van der Waals surface area contributed by atoms with E-state index in [1.54, 1.807) is 13.1 Å². The lowest BCUT2D eigenvalue weighted by Gasteiger charge is -2.27. The van der Waals surface area contributed by atoms with Crippen LogP contribution in [0.2, 0.25) is 0 Å². The molecule has 4 heteroatoms. The molecule has 3 rings (SSSR count). The lowest BCUT2D eigenvalue weighted by atomic mass is 9.81. The van der Waals surface area contributed by atoms with Gasteiger partial charge in [-0.05, 0) is 79.2 Å². The zero-order valence-electron chi connectivity index (χ0n) is 17.7. The Morgan fingerprint density at radius 3 is 2.43 bits per heavy atom. The van der Waals surface area contributed by atoms with Crippen LogP contribution in [0.15, 0.2) is 61.3 Å². The molecule has 1 aliphatic rings. The third kappa shape index (κ3) is 5.16. The van der Waals surface area contributed by atoms with Gasteiger partial charge in [0, 0.05) is 12.2 Å². The van der Waals surface area contributed by atoms with Crippen molar-refractivity contribution in [3.63, 3.8) is 0 Å². The number of hydrogen-bond donors (Lipinski definition) is 1. The average molecular weight is 414 g/mol. The van der Waals surface area contributed by atoms with Gasteiger partial charge in [-0.25, -0.2) is 13.2 Å². The fourth-order valence-corrected chi connectivity index (χ4v) is 4.60. The first kappa shape index (κ1) is 22.2. The van der Waals surface area contributed by atoms with E-state index < -0.39 is 17.5 Å². The minimum absolute atomic E-state index is 0.233. The second-order valence-corrected chi connectivity index (χ2v) is 8.41. The average Bonchev–Trinajstić information content (AvgIpc) is 3.17. The second-order valence-electron chi connectivity index (χ2n) is 8.41. The molecule has 1 N–H and O–H groups in total. The smallest absolute Gasteiger partial charge is 0.194 e. The molecule has 1 fully saturated rings. The summed E-state index contributed by atoms with van der Waals surface area (Å²) in [6.45, 7) is 8.14. The molecule has 0 radical (unpaired) electrons. The number of nitrogens with one attached hydrogen (secondary N) is 1. The highest BCUT2D eigenvalue weighted by atomic mass is 19.2. The summed E-state index contributed by atoms with van der Waals surface area (Å²) in [7, 11) is 0. The normalized spacial score (nSPS) is 22.7. The summed E-state index contributed by atoms with van der Waals surface area (Å²) in [6.07, 6.45) is 8.17. The lowest BCUT2D eigenvalue weighted by Crippen LogP contribution is -2.31. The van der Waals surface area contributed by atoms with Crippen molar-refractivity contribution < 1.29 is 13.2 Å². The van der Waals surface area contributed by atoms with Crippen molar-refractivity contribution in [2.24, 2.45) is 17.8 Å². The maximum absolute atomic E-state index is 13.5. The SMILES string of the molecule is C=CC1C(N/C=C(\C)c2cc(F)c(F)c(F)c2)CCC1C(C)CCc1ccccc1. The fraction of sp³-hybridized carbons (Fsp3) is 0.385. The van der Waals surface area contributed by atoms with Crippen LogP contribution < -0.4 is 5.32 Å². The summed E-state index contributed by atoms with van der Waals surface area (Å²) in [5, 5.41) is 3.42. The molecule has 0 spiro atoms. The third-order valence-electron chi connectivity index (χ3n) is 6.46. The van der Waals surface area contributed by atoms with Crippen LogP contribution in [0.3, 0.4) is 0 Å². The van der Waals surface area contributed by atoms with E-state index in [9.17, 15) is 13.2 Å². The van der Waals surface area contributed by atoms with Crippen molar-refractivity contribution in [3.8, 4) is 0 Å². The number of benzene rings is 2. The van der Waals surface area contributed by atoms with Gasteiger partial charge in [0.05, 0.1) is 0 Å². The van der Waals surface area contributed by atoms with Gasteiger partial charge < -0.3 is 5.32 Å². The van der Waals surface area contributed by atoms with E-state index in [0.717, 1.165) is 37.8 Å². The lowest BCUT2D eigenvalue weighted by molar-refractivity contribution is 0.286. The maximum Gasteiger partial charge on any atom is 0.194 e. The first-order valence-electron chi connectivity index (χ1n) is 10.6. The summed E-state index contributed by atoms with van der Waals surface area (Å²) in [5.74, 6) is -2.32. The van der Waals surface area contributed by atoms with Crippen molar-refractivity contribution in [2.75, 3.05) is 0 Å². The molecule has 2 aromatic carbocycles. The highest BCUT2D eigenvalue weighted by molar-refractivity contribution is 5.63. The topological polar surface area (TPSA) is 12.0 Å². The Kier molecular flexibility index (Phi) is 7.41. The minimum Gasteiger partial charge on any atom is -0.387 e. The maximum atomic E-state index is 13.5. The van der Waals surface area contributed by atoms with Gasteiger partial charge in [-0.2, -0.15) is 0 Å². The van der Waals surface area contributed by atoms with Gasteiger partial charge in [-0.15, -0.1) is 6.58 Å². The van der Waals surface area contributed by atoms with Crippen LogP contribution in [0.1, 0.15) is 44.2 Å². The van der Waals surface area contributed by atoms with Crippen molar-refractivity contribution >= 4 is 5.57 Å². The molecule has 0 aliphatic heterocycles. The number of halogens is 3. The third-order valence-corrected chi connectivity index (χ3v) is 6.46. The van der Waals surface area contributed by atoms with E-state index in [1.165, 1.54) is 5.56 Å². The molecule has 160 valence electrons. The largest absolute Gasteiger partial charge is 0.387 e. The molecule has 0 amide bonds. The Labute approximate surface area is 177 Å². The quantitative estimate of drug-likeness (QED) is 0.366. The molecule has 1 nitrogen and oxygen atoms in total. The first-order valence-corrected chi connectivity index (χ1v) is 10.6. The second kappa shape index (κ2) is 10.0. The van der Waals surface area contributed by atoms with Crippen LogP contribution in [-0.4, -0.2) is 6.04 Å². The molecule has 0 heterocycles. The molecule has 0 bridgehead atoms. The van der Waals surface area contributed by atoms with Gasteiger partial charge in [-0.3, -0.25) is 0 Å². The number of allylic oxidation sites excluding steroid dienone is 1. The molecule has 1 saturated carbocycles. The number of aryl methyl sites for hydroxylation is 1. The monoisotopic (exact) mass is 413 g/mol. The molecule has 4 unspecified atom stereocenters. The summed E-state index contributed by atoms with van der Waals surface area (Å²) in [6, 6.07) is 12.8. The Bertz CT molecular complexity index is 867. The summed E-state index contributed by atoms with van der Waals surface area (Å²) in [5.41, 5.74) is 2.36. The zero-order valence-corrected chi connectivity index (χ0v) is 17.7. The molecular formula is C26H30F3N. The Morgan fingerprint density at radius 2 is 1.80 bits per heavy atom. The van der Waals surface area contributed by atoms with Crippen LogP contribution in [0.25, 0.3) is 5.57 Å². The highest BCUT2D eigenvalue weighted by Crippen LogP contribution is 2.39. The van der Waals surface area contributed by atoms with Crippen LogP contribution in [-0.2, 0) is 6.42 Å². The van der Waals surface area contributed by atoms with Crippen LogP contribution in [0, 0.1) is 35.2 Å². The predicted octanol–water partition coefficient (Wildman–Crippen LogP) is 6.90. The van der Waals surface area contributed by atoms with E-state index >= 15 is 0 Å². The minimum atomic E-state index is -1.44. The van der Waals surface area contributed by atoms with E-state index in [-0.39, 0.29) is 6.04 Å². The van der Waals surface area contributed by atoms with Crippen molar-refractivity contribution in [2.45, 2.75) is 45.6 Å². The van der Waals surface area contributed by atoms with Crippen LogP contribution >= 0.6 is 0 Å². The summed E-state index contributed by atoms with van der Waals surface area (Å²) < 4.78 is 40.2. The first-order chi connectivity index (χ1) is 14.4. The Balaban J connectivity index is 1.62. The summed E-state index contributed by atoms with van der Waals surface area (Å²) in [4.78, 5) is 0. The van der Waals surface area contributed by atoms with E-state index in [4.69, 9.17) is 0 Å². The zero-order chi connectivity index (χ0) is 21.7. The molecule has 0 aromatic heterocycles. The van der Waals surface area contributed by atoms with Gasteiger partial charge in [-0.1, -0.05) is 43.3 Å². The molecule has 2 aromatic rings. The van der Waals surface area contributed by atoms with Crippen molar-refractivity contribution in [1.29, 1.82) is 0 Å². The number of rotatable bonds is 8. The standard InChI is InChI=1S/C26H30F3N/c1-4-21-22(17(2)10-11-19-8-6-5-7-9-19)12-13-25(21)30-16-18(3)20-14-23(27)26(29)24(28)15-20/h4-9,14-17,21-22,25,30H,1,10-13H2,2-3H3/b18-16+. The van der Waals surface area contributed by atoms with Crippen molar-refractivity contribution in [3.05, 3.63) is 89.9 Å². The predicted molar refractivity (Wildman–Crippen MR) is 117 cm³/mol. The fourth-order valence-electron chi connectivity index (χ4n) is 4.60. The molecule has 4 atom stereocenters. The van der Waals surface area contributed by atoms with Gasteiger partial charge in [0.2, 0.25) is 0 Å². The Hall–Kier alpha value is -2.49. The molecule has 30 heavy (non-hydrogen) atoms. The van der Waals surface area contributed by atoms with E-state index in [1.807, 2.05) is 12.1 Å². The van der Waals surface area contributed by atoms with E-state index in [0.29, 0.717) is 28.9 Å². The van der Waals surface area contributed by atoms with Crippen LogP contribution in [0.4, 0.5) is 13.2 Å². The van der Waals surface area contributed by atoms with E-state index in [2.05, 4.69) is 43.1 Å². The van der Waals surface area contributed by atoms with Crippen molar-refractivity contribution in [1.82, 2.24) is 5.32 Å². The molecule has 0 saturated heterocycles. The molecular weight excluding hydrogens is 383 g/mol. The van der Waals surface area contributed by atoms with Gasteiger partial charge in [0.1, 0.15) is 0 Å². The van der Waals surface area contributed by atoms with Gasteiger partial charge >= 0.3 is 0 Å². The Morgan fingerprint density at radius 1 is 1.13 bits per heavy atom.